The van der Waals surface area contributed by atoms with Gasteiger partial charge in [0, 0.05) is 16.7 Å². The molecule has 1 aliphatic rings. The first-order valence-electron chi connectivity index (χ1n) is 8.49. The zero-order chi connectivity index (χ0) is 19.7. The molecule has 2 aromatic carbocycles. The molecule has 0 bridgehead atoms. The lowest BCUT2D eigenvalue weighted by molar-refractivity contribution is 0.0903. The number of nitriles is 1. The minimum atomic E-state index is -1.10. The number of rotatable bonds is 4. The third-order valence-corrected chi connectivity index (χ3v) is 5.16. The van der Waals surface area contributed by atoms with Crippen LogP contribution in [0.2, 0.25) is 0 Å². The summed E-state index contributed by atoms with van der Waals surface area (Å²) >= 11 is 1.31. The molecule has 0 saturated carbocycles. The highest BCUT2D eigenvalue weighted by atomic mass is 32.2. The van der Waals surface area contributed by atoms with Crippen molar-refractivity contribution in [2.45, 2.75) is 11.1 Å². The maximum atomic E-state index is 12.7. The molecule has 0 spiro atoms. The van der Waals surface area contributed by atoms with Crippen molar-refractivity contribution < 1.29 is 9.59 Å². The molecule has 6 nitrogen and oxygen atoms in total. The maximum absolute atomic E-state index is 12.7. The second kappa shape index (κ2) is 7.25. The van der Waals surface area contributed by atoms with Crippen molar-refractivity contribution in [2.75, 3.05) is 11.6 Å². The Morgan fingerprint density at radius 2 is 1.57 bits per heavy atom. The fraction of sp³-hybridized carbons (Fsp3) is 0.0952. The van der Waals surface area contributed by atoms with Crippen molar-refractivity contribution in [1.82, 2.24) is 9.97 Å². The molecule has 0 saturated heterocycles. The first-order valence-corrected chi connectivity index (χ1v) is 9.72. The van der Waals surface area contributed by atoms with Crippen LogP contribution in [-0.4, -0.2) is 33.8 Å². The highest BCUT2D eigenvalue weighted by Crippen LogP contribution is 2.30. The predicted molar refractivity (Wildman–Crippen MR) is 106 cm³/mol. The first kappa shape index (κ1) is 17.9. The van der Waals surface area contributed by atoms with E-state index in [0.717, 1.165) is 5.56 Å². The minimum Gasteiger partial charge on any atom is -0.352 e. The monoisotopic (exact) mass is 386 g/mol. The smallest absolute Gasteiger partial charge is 0.193 e. The van der Waals surface area contributed by atoms with Gasteiger partial charge in [-0.05, 0) is 6.26 Å². The van der Waals surface area contributed by atoms with E-state index in [-0.39, 0.29) is 22.9 Å². The molecule has 3 aromatic rings. The van der Waals surface area contributed by atoms with Gasteiger partial charge >= 0.3 is 0 Å². The average Bonchev–Trinajstić information content (AvgIpc) is 2.99. The highest BCUT2D eigenvalue weighted by molar-refractivity contribution is 7.98. The lowest BCUT2D eigenvalue weighted by Gasteiger charge is -2.14. The molecule has 136 valence electrons. The fourth-order valence-electron chi connectivity index (χ4n) is 3.12. The minimum absolute atomic E-state index is 0.181. The molecule has 1 aromatic heterocycles. The van der Waals surface area contributed by atoms with E-state index in [4.69, 9.17) is 0 Å². The van der Waals surface area contributed by atoms with Gasteiger partial charge in [-0.25, -0.2) is 9.97 Å². The number of nitrogens with one attached hydrogen (secondary N) is 1. The summed E-state index contributed by atoms with van der Waals surface area (Å²) in [5.74, 6) is -0.0489. The predicted octanol–water partition coefficient (Wildman–Crippen LogP) is 3.60. The van der Waals surface area contributed by atoms with Crippen LogP contribution in [0, 0.1) is 11.3 Å². The van der Waals surface area contributed by atoms with Crippen LogP contribution in [0.4, 0.5) is 5.82 Å². The van der Waals surface area contributed by atoms with Gasteiger partial charge in [-0.15, -0.1) is 11.8 Å². The van der Waals surface area contributed by atoms with Crippen LogP contribution in [-0.2, 0) is 0 Å². The Hall–Kier alpha value is -3.50. The zero-order valence-electron chi connectivity index (χ0n) is 14.8. The number of hydrogen-bond acceptors (Lipinski definition) is 7. The number of Topliss-reactive ketones (excluding diaryl/α,β-unsaturated/α-hetero) is 2. The number of benzene rings is 2. The third kappa shape index (κ3) is 2.94. The van der Waals surface area contributed by atoms with Crippen LogP contribution in [0.5, 0.6) is 0 Å². The van der Waals surface area contributed by atoms with Gasteiger partial charge in [0.1, 0.15) is 22.5 Å². The summed E-state index contributed by atoms with van der Waals surface area (Å²) in [6.07, 6.45) is 1.81. The third-order valence-electron chi connectivity index (χ3n) is 4.48. The Morgan fingerprint density at radius 3 is 2.14 bits per heavy atom. The number of anilines is 1. The topological polar surface area (TPSA) is 95.7 Å². The largest absolute Gasteiger partial charge is 0.352 e. The van der Waals surface area contributed by atoms with Crippen LogP contribution in [0.3, 0.4) is 0 Å². The van der Waals surface area contributed by atoms with E-state index in [2.05, 4.69) is 21.4 Å². The van der Waals surface area contributed by atoms with Crippen molar-refractivity contribution in [1.29, 1.82) is 5.26 Å². The molecule has 1 heterocycles. The molecule has 7 heteroatoms. The molecular weight excluding hydrogens is 372 g/mol. The number of carbonyl (C=O) groups is 2. The second-order valence-electron chi connectivity index (χ2n) is 6.11. The molecule has 1 N–H and O–H groups in total. The van der Waals surface area contributed by atoms with Gasteiger partial charge in [-0.3, -0.25) is 9.59 Å². The molecular formula is C21H14N4O2S. The van der Waals surface area contributed by atoms with Crippen LogP contribution in [0.25, 0.3) is 11.4 Å². The van der Waals surface area contributed by atoms with Crippen LogP contribution >= 0.6 is 11.8 Å². The Bertz CT molecular complexity index is 1100. The van der Waals surface area contributed by atoms with E-state index in [0.29, 0.717) is 22.0 Å². The van der Waals surface area contributed by atoms with E-state index >= 15 is 0 Å². The van der Waals surface area contributed by atoms with E-state index in [1.54, 1.807) is 24.3 Å². The number of fused-ring (bicyclic) bond motifs is 1. The van der Waals surface area contributed by atoms with Gasteiger partial charge in [0.25, 0.3) is 0 Å². The number of hydrogen-bond donors (Lipinski definition) is 1. The standard InChI is InChI=1S/C21H14N4O2S/c1-28-21-15(11-22)20(24-19(25-21)12-7-3-2-4-8-12)23-16-17(26)13-9-5-6-10-14(13)18(16)27/h2-10,16H,1H3,(H,23,24,25). The number of nitrogens with zero attached hydrogens (tertiary/aromatic N) is 3. The van der Waals surface area contributed by atoms with Gasteiger partial charge in [-0.2, -0.15) is 5.26 Å². The summed E-state index contributed by atoms with van der Waals surface area (Å²) in [5.41, 5.74) is 1.75. The Balaban J connectivity index is 1.79. The summed E-state index contributed by atoms with van der Waals surface area (Å²) in [4.78, 5) is 34.3. The first-order chi connectivity index (χ1) is 13.6. The van der Waals surface area contributed by atoms with Crippen molar-refractivity contribution in [3.8, 4) is 17.5 Å². The van der Waals surface area contributed by atoms with Gasteiger partial charge in [0.2, 0.25) is 0 Å². The van der Waals surface area contributed by atoms with E-state index < -0.39 is 6.04 Å². The lowest BCUT2D eigenvalue weighted by Crippen LogP contribution is -2.32. The average molecular weight is 386 g/mol. The summed E-state index contributed by atoms with van der Waals surface area (Å²) in [5, 5.41) is 13.0. The summed E-state index contributed by atoms with van der Waals surface area (Å²) in [6, 6.07) is 17.0. The molecule has 0 unspecified atom stereocenters. The van der Waals surface area contributed by atoms with E-state index in [9.17, 15) is 14.9 Å². The Kier molecular flexibility index (Phi) is 4.63. The molecule has 0 radical (unpaired) electrons. The number of ketones is 2. The zero-order valence-corrected chi connectivity index (χ0v) is 15.7. The normalized spacial score (nSPS) is 13.3. The fourth-order valence-corrected chi connectivity index (χ4v) is 3.64. The molecule has 0 atom stereocenters. The van der Waals surface area contributed by atoms with Gasteiger partial charge in [-0.1, -0.05) is 54.6 Å². The molecule has 28 heavy (non-hydrogen) atoms. The Labute approximate surface area is 165 Å². The number of carbonyl (C=O) groups excluding carboxylic acids is 2. The molecule has 4 rings (SSSR count). The van der Waals surface area contributed by atoms with E-state index in [1.165, 1.54) is 11.8 Å². The van der Waals surface area contributed by atoms with Crippen molar-refractivity contribution in [3.05, 3.63) is 71.3 Å². The van der Waals surface area contributed by atoms with Gasteiger partial charge in [0.05, 0.1) is 0 Å². The van der Waals surface area contributed by atoms with Crippen LogP contribution in [0.1, 0.15) is 26.3 Å². The molecule has 0 fully saturated rings. The number of aromatic nitrogens is 2. The van der Waals surface area contributed by atoms with Crippen LogP contribution < -0.4 is 5.32 Å². The van der Waals surface area contributed by atoms with Crippen molar-refractivity contribution in [3.63, 3.8) is 0 Å². The van der Waals surface area contributed by atoms with E-state index in [1.807, 2.05) is 36.6 Å². The quantitative estimate of drug-likeness (QED) is 0.416. The molecule has 1 aliphatic carbocycles. The maximum Gasteiger partial charge on any atom is 0.193 e. The molecule has 0 amide bonds. The Morgan fingerprint density at radius 1 is 0.964 bits per heavy atom. The number of thioether (sulfide) groups is 1. The summed E-state index contributed by atoms with van der Waals surface area (Å²) < 4.78 is 0. The van der Waals surface area contributed by atoms with Gasteiger partial charge < -0.3 is 5.32 Å². The van der Waals surface area contributed by atoms with Gasteiger partial charge in [0.15, 0.2) is 23.4 Å². The summed E-state index contributed by atoms with van der Waals surface area (Å²) in [7, 11) is 0. The van der Waals surface area contributed by atoms with Crippen molar-refractivity contribution in [2.24, 2.45) is 0 Å². The summed E-state index contributed by atoms with van der Waals surface area (Å²) in [6.45, 7) is 0. The van der Waals surface area contributed by atoms with Crippen molar-refractivity contribution >= 4 is 29.1 Å². The van der Waals surface area contributed by atoms with Crippen LogP contribution in [0.15, 0.2) is 59.6 Å². The second-order valence-corrected chi connectivity index (χ2v) is 6.90. The SMILES string of the molecule is CSc1nc(-c2ccccc2)nc(NC2C(=O)c3ccccc3C2=O)c1C#N. The highest BCUT2D eigenvalue weighted by Gasteiger charge is 2.39. The lowest BCUT2D eigenvalue weighted by atomic mass is 10.1. The molecule has 0 aliphatic heterocycles.